The minimum absolute atomic E-state index is 0.332. The zero-order valence-electron chi connectivity index (χ0n) is 35.4. The molecule has 0 bridgehead atoms. The fourth-order valence-corrected chi connectivity index (χ4v) is 9.91. The number of aromatic carboxylic acids is 2. The summed E-state index contributed by atoms with van der Waals surface area (Å²) in [7, 11) is 0. The van der Waals surface area contributed by atoms with Crippen LogP contribution in [0.3, 0.4) is 0 Å². The molecule has 4 aromatic carbocycles. The number of para-hydroxylation sites is 2. The monoisotopic (exact) mass is 822 g/mol. The van der Waals surface area contributed by atoms with Gasteiger partial charge in [0.05, 0.1) is 22.2 Å². The van der Waals surface area contributed by atoms with E-state index in [-0.39, 0.29) is 0 Å². The highest BCUT2D eigenvalue weighted by molar-refractivity contribution is 6.05. The zero-order valence-corrected chi connectivity index (χ0v) is 35.4. The molecular formula is C51H58N4O6. The van der Waals surface area contributed by atoms with Gasteiger partial charge in [-0.3, -0.25) is 9.59 Å². The van der Waals surface area contributed by atoms with E-state index < -0.39 is 23.8 Å². The number of unbranched alkanes of at least 4 members (excludes halogenated alkanes) is 3. The summed E-state index contributed by atoms with van der Waals surface area (Å²) >= 11 is 0. The highest BCUT2D eigenvalue weighted by Gasteiger charge is 2.29. The summed E-state index contributed by atoms with van der Waals surface area (Å²) in [6, 6.07) is 25.8. The van der Waals surface area contributed by atoms with Crippen molar-refractivity contribution in [3.63, 3.8) is 0 Å². The van der Waals surface area contributed by atoms with Crippen LogP contribution in [0.15, 0.2) is 84.9 Å². The second-order valence-electron chi connectivity index (χ2n) is 17.0. The van der Waals surface area contributed by atoms with E-state index in [2.05, 4.69) is 23.0 Å². The van der Waals surface area contributed by atoms with E-state index in [1.807, 2.05) is 54.6 Å². The molecule has 0 radical (unpaired) electrons. The molecule has 0 saturated carbocycles. The van der Waals surface area contributed by atoms with Crippen LogP contribution in [0.25, 0.3) is 21.8 Å². The van der Waals surface area contributed by atoms with Crippen molar-refractivity contribution in [3.05, 3.63) is 141 Å². The fraction of sp³-hybridized carbons (Fsp3) is 0.373. The number of nitrogens with two attached hydrogens (primary N) is 2. The molecule has 6 N–H and O–H groups in total. The van der Waals surface area contributed by atoms with Gasteiger partial charge in [0.15, 0.2) is 0 Å². The molecule has 2 atom stereocenters. The number of carbonyl (C=O) groups is 4. The summed E-state index contributed by atoms with van der Waals surface area (Å²) < 4.78 is 4.35. The Kier molecular flexibility index (Phi) is 13.4. The lowest BCUT2D eigenvalue weighted by molar-refractivity contribution is 0.0687. The Labute approximate surface area is 357 Å². The normalized spacial score (nSPS) is 15.8. The molecule has 2 aromatic heterocycles. The highest BCUT2D eigenvalue weighted by atomic mass is 16.4. The molecule has 2 amide bonds. The Bertz CT molecular complexity index is 2600. The quantitative estimate of drug-likeness (QED) is 0.0751. The number of aromatic nitrogens is 2. The summed E-state index contributed by atoms with van der Waals surface area (Å²) in [6.45, 7) is 5.50. The molecular weight excluding hydrogens is 765 g/mol. The molecule has 2 heterocycles. The zero-order chi connectivity index (χ0) is 43.2. The smallest absolute Gasteiger partial charge is 0.337 e. The number of carboxylic acids is 2. The van der Waals surface area contributed by atoms with Crippen molar-refractivity contribution in [1.82, 2.24) is 9.13 Å². The minimum atomic E-state index is -0.912. The van der Waals surface area contributed by atoms with E-state index in [4.69, 9.17) is 11.5 Å². The number of carbonyl (C=O) groups excluding carboxylic acids is 2. The van der Waals surface area contributed by atoms with Gasteiger partial charge in [0.2, 0.25) is 11.8 Å². The molecule has 0 aliphatic heterocycles. The topological polar surface area (TPSA) is 171 Å². The number of hydrogen-bond donors (Lipinski definition) is 4. The van der Waals surface area contributed by atoms with Crippen LogP contribution < -0.4 is 11.5 Å². The number of nitrogens with zero attached hydrogens (tertiary/aromatic N) is 2. The maximum absolute atomic E-state index is 12.0. The van der Waals surface area contributed by atoms with E-state index in [1.165, 1.54) is 67.5 Å². The highest BCUT2D eigenvalue weighted by Crippen LogP contribution is 2.39. The first-order valence-electron chi connectivity index (χ1n) is 22.0. The summed E-state index contributed by atoms with van der Waals surface area (Å²) in [5, 5.41) is 21.8. The predicted molar refractivity (Wildman–Crippen MR) is 241 cm³/mol. The molecule has 0 fully saturated rings. The Morgan fingerprint density at radius 2 is 1.02 bits per heavy atom. The first-order chi connectivity index (χ1) is 29.5. The van der Waals surface area contributed by atoms with Gasteiger partial charge in [0.25, 0.3) is 0 Å². The van der Waals surface area contributed by atoms with Crippen molar-refractivity contribution < 1.29 is 29.4 Å². The van der Waals surface area contributed by atoms with E-state index >= 15 is 0 Å². The largest absolute Gasteiger partial charge is 0.478 e. The Morgan fingerprint density at radius 1 is 0.590 bits per heavy atom. The molecule has 10 nitrogen and oxygen atoms in total. The van der Waals surface area contributed by atoms with Crippen LogP contribution in [0.2, 0.25) is 0 Å². The van der Waals surface area contributed by atoms with Crippen LogP contribution in [0, 0.1) is 11.8 Å². The van der Waals surface area contributed by atoms with Gasteiger partial charge in [-0.15, -0.1) is 0 Å². The van der Waals surface area contributed by atoms with Gasteiger partial charge in [-0.2, -0.15) is 0 Å². The van der Waals surface area contributed by atoms with Gasteiger partial charge >= 0.3 is 11.9 Å². The molecule has 318 valence electrons. The van der Waals surface area contributed by atoms with Crippen LogP contribution in [-0.4, -0.2) is 43.1 Å². The van der Waals surface area contributed by atoms with Crippen LogP contribution in [0.1, 0.15) is 147 Å². The summed E-state index contributed by atoms with van der Waals surface area (Å²) in [5.41, 5.74) is 21.1. The lowest BCUT2D eigenvalue weighted by Crippen LogP contribution is -2.18. The molecule has 2 aliphatic carbocycles. The standard InChI is InChI=1S/C26H30N2O3.C25H28N2O3/c1-2-3-4-7-17-12-13-20-21-10-6-11-22(26(30)31)24(21)28(23(20)15-17)16-18-8-5-9-19(14-18)25(27)29;1-2-3-6-16-11-12-19-20-9-5-10-21(25(29)30)23(20)27(22(19)14-16)15-17-7-4-8-18(13-17)24(26)28/h5-6,8-11,14,17H,2-4,7,12-13,15-16H2,1H3,(H2,27,29)(H,30,31);4-5,7-10,13,16H,2-3,6,11-12,14-15H2,1H3,(H2,26,28)(H,29,30). The fourth-order valence-electron chi connectivity index (χ4n) is 9.91. The molecule has 61 heavy (non-hydrogen) atoms. The van der Waals surface area contributed by atoms with Crippen LogP contribution in [-0.2, 0) is 38.8 Å². The number of rotatable bonds is 15. The molecule has 2 unspecified atom stereocenters. The SMILES string of the molecule is CCCCC1CCc2c(n(Cc3cccc(C(N)=O)c3)c3c(C(=O)O)cccc23)C1.CCCCCC1CCc2c(n(Cc3cccc(C(N)=O)c3)c3c(C(=O)O)cccc23)C1. The van der Waals surface area contributed by atoms with Crippen molar-refractivity contribution >= 4 is 45.6 Å². The van der Waals surface area contributed by atoms with Gasteiger partial charge in [-0.25, -0.2) is 9.59 Å². The third-order valence-electron chi connectivity index (χ3n) is 12.9. The number of carboxylic acid groups (broad SMARTS) is 2. The predicted octanol–water partition coefficient (Wildman–Crippen LogP) is 9.95. The Hall–Kier alpha value is -6.16. The molecule has 8 rings (SSSR count). The van der Waals surface area contributed by atoms with Crippen LogP contribution in [0.4, 0.5) is 0 Å². The first-order valence-corrected chi connectivity index (χ1v) is 22.0. The van der Waals surface area contributed by atoms with Crippen molar-refractivity contribution in [2.75, 3.05) is 0 Å². The number of aryl methyl sites for hydroxylation is 2. The second kappa shape index (κ2) is 19.0. The van der Waals surface area contributed by atoms with Crippen molar-refractivity contribution in [2.45, 2.75) is 110 Å². The lowest BCUT2D eigenvalue weighted by atomic mass is 9.83. The summed E-state index contributed by atoms with van der Waals surface area (Å²) in [5.74, 6) is -1.47. The Balaban J connectivity index is 0.000000184. The molecule has 0 spiro atoms. The van der Waals surface area contributed by atoms with Crippen LogP contribution >= 0.6 is 0 Å². The van der Waals surface area contributed by atoms with Gasteiger partial charge in [0.1, 0.15) is 0 Å². The minimum Gasteiger partial charge on any atom is -0.478 e. The molecule has 10 heteroatoms. The average molecular weight is 823 g/mol. The van der Waals surface area contributed by atoms with Crippen molar-refractivity contribution in [1.29, 1.82) is 0 Å². The third-order valence-corrected chi connectivity index (χ3v) is 12.9. The number of amides is 2. The summed E-state index contributed by atoms with van der Waals surface area (Å²) in [4.78, 5) is 47.3. The second-order valence-corrected chi connectivity index (χ2v) is 17.0. The van der Waals surface area contributed by atoms with Gasteiger partial charge in [-0.05, 0) is 109 Å². The van der Waals surface area contributed by atoms with Crippen molar-refractivity contribution in [3.8, 4) is 0 Å². The van der Waals surface area contributed by atoms with E-state index in [0.717, 1.165) is 71.5 Å². The average Bonchev–Trinajstić information content (AvgIpc) is 3.74. The van der Waals surface area contributed by atoms with Crippen LogP contribution in [0.5, 0.6) is 0 Å². The van der Waals surface area contributed by atoms with E-state index in [0.29, 0.717) is 47.2 Å². The van der Waals surface area contributed by atoms with Gasteiger partial charge in [-0.1, -0.05) is 107 Å². The number of primary amides is 2. The number of benzene rings is 4. The summed E-state index contributed by atoms with van der Waals surface area (Å²) in [6.07, 6.45) is 14.8. The van der Waals surface area contributed by atoms with E-state index in [1.54, 1.807) is 30.3 Å². The molecule has 0 saturated heterocycles. The molecule has 6 aromatic rings. The number of hydrogen-bond acceptors (Lipinski definition) is 4. The molecule has 2 aliphatic rings. The first kappa shape index (κ1) is 42.9. The maximum Gasteiger partial charge on any atom is 0.337 e. The van der Waals surface area contributed by atoms with Crippen molar-refractivity contribution in [2.24, 2.45) is 23.3 Å². The number of fused-ring (bicyclic) bond motifs is 6. The third kappa shape index (κ3) is 9.28. The lowest BCUT2D eigenvalue weighted by Gasteiger charge is -2.24. The van der Waals surface area contributed by atoms with E-state index in [9.17, 15) is 29.4 Å². The van der Waals surface area contributed by atoms with Gasteiger partial charge < -0.3 is 30.8 Å². The van der Waals surface area contributed by atoms with Gasteiger partial charge in [0, 0.05) is 46.4 Å². The maximum atomic E-state index is 12.0. The Morgan fingerprint density at radius 3 is 1.43 bits per heavy atom.